The SMILES string of the molecule is CC(C)(C)c1ccc(S(=O)(=O)N(Cc2ccccc2)Cc2cc3cc4c(cc3[nH]c2=O)OCO4)cc1. The predicted octanol–water partition coefficient (Wildman–Crippen LogP) is 4.95. The van der Waals surface area contributed by atoms with Gasteiger partial charge >= 0.3 is 0 Å². The van der Waals surface area contributed by atoms with Crippen molar-refractivity contribution in [1.82, 2.24) is 9.29 Å². The van der Waals surface area contributed by atoms with Crippen LogP contribution in [0.2, 0.25) is 0 Å². The van der Waals surface area contributed by atoms with E-state index in [1.54, 1.807) is 30.3 Å². The molecule has 0 saturated carbocycles. The van der Waals surface area contributed by atoms with Gasteiger partial charge in [-0.25, -0.2) is 8.42 Å². The van der Waals surface area contributed by atoms with Crippen LogP contribution in [0.1, 0.15) is 37.5 Å². The van der Waals surface area contributed by atoms with Gasteiger partial charge in [0.2, 0.25) is 16.8 Å². The first-order valence-corrected chi connectivity index (χ1v) is 13.2. The molecular formula is C28H28N2O5S. The van der Waals surface area contributed by atoms with Crippen LogP contribution < -0.4 is 15.0 Å². The molecule has 0 aliphatic carbocycles. The first-order valence-electron chi connectivity index (χ1n) is 11.7. The zero-order valence-electron chi connectivity index (χ0n) is 20.4. The van der Waals surface area contributed by atoms with Crippen LogP contribution >= 0.6 is 0 Å². The molecule has 36 heavy (non-hydrogen) atoms. The lowest BCUT2D eigenvalue weighted by atomic mass is 9.87. The number of benzene rings is 3. The van der Waals surface area contributed by atoms with Crippen molar-refractivity contribution in [3.8, 4) is 11.5 Å². The predicted molar refractivity (Wildman–Crippen MR) is 139 cm³/mol. The Bertz CT molecular complexity index is 1570. The molecule has 0 spiro atoms. The van der Waals surface area contributed by atoms with Crippen LogP contribution in [0.3, 0.4) is 0 Å². The van der Waals surface area contributed by atoms with Crippen molar-refractivity contribution < 1.29 is 17.9 Å². The number of hydrogen-bond donors (Lipinski definition) is 1. The van der Waals surface area contributed by atoms with E-state index in [-0.39, 0.29) is 35.8 Å². The molecule has 0 fully saturated rings. The molecule has 186 valence electrons. The van der Waals surface area contributed by atoms with Crippen molar-refractivity contribution in [1.29, 1.82) is 0 Å². The number of sulfonamides is 1. The van der Waals surface area contributed by atoms with Gasteiger partial charge in [0, 0.05) is 30.1 Å². The fraction of sp³-hybridized carbons (Fsp3) is 0.250. The highest BCUT2D eigenvalue weighted by molar-refractivity contribution is 7.89. The van der Waals surface area contributed by atoms with Crippen molar-refractivity contribution in [3.63, 3.8) is 0 Å². The summed E-state index contributed by atoms with van der Waals surface area (Å²) in [6.07, 6.45) is 0. The summed E-state index contributed by atoms with van der Waals surface area (Å²) in [6, 6.07) is 21.5. The lowest BCUT2D eigenvalue weighted by Gasteiger charge is -2.24. The number of ether oxygens (including phenoxy) is 2. The van der Waals surface area contributed by atoms with Crippen LogP contribution in [0.4, 0.5) is 0 Å². The van der Waals surface area contributed by atoms with E-state index in [1.807, 2.05) is 42.5 Å². The van der Waals surface area contributed by atoms with Gasteiger partial charge in [0.15, 0.2) is 11.5 Å². The zero-order valence-corrected chi connectivity index (χ0v) is 21.3. The van der Waals surface area contributed by atoms with Gasteiger partial charge in [-0.3, -0.25) is 4.79 Å². The smallest absolute Gasteiger partial charge is 0.252 e. The largest absolute Gasteiger partial charge is 0.454 e. The maximum atomic E-state index is 13.8. The molecule has 0 bridgehead atoms. The fourth-order valence-corrected chi connectivity index (χ4v) is 5.64. The van der Waals surface area contributed by atoms with Crippen molar-refractivity contribution in [3.05, 3.63) is 99.8 Å². The summed E-state index contributed by atoms with van der Waals surface area (Å²) in [5.41, 5.74) is 2.36. The van der Waals surface area contributed by atoms with Gasteiger partial charge in [-0.05, 0) is 40.8 Å². The molecule has 7 nitrogen and oxygen atoms in total. The van der Waals surface area contributed by atoms with E-state index in [2.05, 4.69) is 25.8 Å². The number of aromatic amines is 1. The third-order valence-electron chi connectivity index (χ3n) is 6.32. The first-order chi connectivity index (χ1) is 17.1. The monoisotopic (exact) mass is 504 g/mol. The van der Waals surface area contributed by atoms with E-state index >= 15 is 0 Å². The molecule has 0 unspecified atom stereocenters. The summed E-state index contributed by atoms with van der Waals surface area (Å²) in [5, 5.41) is 0.737. The lowest BCUT2D eigenvalue weighted by Crippen LogP contribution is -2.32. The second-order valence-corrected chi connectivity index (χ2v) is 11.9. The molecular weight excluding hydrogens is 476 g/mol. The number of rotatable bonds is 6. The Morgan fingerprint density at radius 3 is 2.22 bits per heavy atom. The maximum absolute atomic E-state index is 13.8. The van der Waals surface area contributed by atoms with Crippen molar-refractivity contribution in [2.45, 2.75) is 44.2 Å². The Kier molecular flexibility index (Phi) is 6.10. The van der Waals surface area contributed by atoms with Crippen LogP contribution in [0, 0.1) is 0 Å². The molecule has 0 amide bonds. The molecule has 3 aromatic carbocycles. The van der Waals surface area contributed by atoms with Gasteiger partial charge in [-0.1, -0.05) is 63.2 Å². The molecule has 0 atom stereocenters. The number of aromatic nitrogens is 1. The van der Waals surface area contributed by atoms with Crippen LogP contribution in [-0.4, -0.2) is 24.5 Å². The Labute approximate surface area is 210 Å². The Balaban J connectivity index is 1.54. The van der Waals surface area contributed by atoms with Gasteiger partial charge in [-0.15, -0.1) is 0 Å². The van der Waals surface area contributed by atoms with Crippen LogP contribution in [-0.2, 0) is 28.5 Å². The number of fused-ring (bicyclic) bond motifs is 2. The fourth-order valence-electron chi connectivity index (χ4n) is 4.24. The summed E-state index contributed by atoms with van der Waals surface area (Å²) in [5.74, 6) is 1.16. The number of nitrogens with zero attached hydrogens (tertiary/aromatic N) is 1. The van der Waals surface area contributed by atoms with Gasteiger partial charge in [0.05, 0.1) is 10.4 Å². The first kappa shape index (κ1) is 24.1. The molecule has 0 radical (unpaired) electrons. The van der Waals surface area contributed by atoms with E-state index in [4.69, 9.17) is 9.47 Å². The van der Waals surface area contributed by atoms with Gasteiger partial charge in [-0.2, -0.15) is 4.31 Å². The van der Waals surface area contributed by atoms with Gasteiger partial charge < -0.3 is 14.5 Å². The standard InChI is InChI=1S/C28H28N2O5S/c1-28(2,3)22-9-11-23(12-10-22)36(32,33)30(16-19-7-5-4-6-8-19)17-21-13-20-14-25-26(35-18-34-25)15-24(20)29-27(21)31/h4-15H,16-18H2,1-3H3,(H,29,31). The number of hydrogen-bond acceptors (Lipinski definition) is 5. The highest BCUT2D eigenvalue weighted by Crippen LogP contribution is 2.35. The second-order valence-electron chi connectivity index (χ2n) is 9.95. The van der Waals surface area contributed by atoms with Crippen molar-refractivity contribution in [2.75, 3.05) is 6.79 Å². The second kappa shape index (κ2) is 9.11. The van der Waals surface area contributed by atoms with Gasteiger partial charge in [0.25, 0.3) is 5.56 Å². The lowest BCUT2D eigenvalue weighted by molar-refractivity contribution is 0.174. The average Bonchev–Trinajstić information content (AvgIpc) is 3.30. The quantitative estimate of drug-likeness (QED) is 0.402. The summed E-state index contributed by atoms with van der Waals surface area (Å²) in [4.78, 5) is 16.0. The van der Waals surface area contributed by atoms with Gasteiger partial charge in [0.1, 0.15) is 0 Å². The number of H-pyrrole nitrogens is 1. The topological polar surface area (TPSA) is 88.7 Å². The molecule has 8 heteroatoms. The maximum Gasteiger partial charge on any atom is 0.252 e. The molecule has 1 aliphatic heterocycles. The van der Waals surface area contributed by atoms with Crippen LogP contribution in [0.5, 0.6) is 11.5 Å². The summed E-state index contributed by atoms with van der Waals surface area (Å²) in [7, 11) is -3.90. The average molecular weight is 505 g/mol. The van der Waals surface area contributed by atoms with E-state index in [0.717, 1.165) is 16.5 Å². The summed E-state index contributed by atoms with van der Waals surface area (Å²) >= 11 is 0. The molecule has 1 aromatic heterocycles. The number of nitrogens with one attached hydrogen (secondary N) is 1. The Morgan fingerprint density at radius 2 is 1.56 bits per heavy atom. The number of pyridine rings is 1. The summed E-state index contributed by atoms with van der Waals surface area (Å²) in [6.45, 7) is 6.41. The summed E-state index contributed by atoms with van der Waals surface area (Å²) < 4.78 is 39.8. The molecule has 4 aromatic rings. The highest BCUT2D eigenvalue weighted by Gasteiger charge is 2.27. The molecule has 1 N–H and O–H groups in total. The minimum absolute atomic E-state index is 0.0854. The molecule has 2 heterocycles. The van der Waals surface area contributed by atoms with Crippen molar-refractivity contribution in [2.24, 2.45) is 0 Å². The third-order valence-corrected chi connectivity index (χ3v) is 8.13. The third kappa shape index (κ3) is 4.74. The minimum Gasteiger partial charge on any atom is -0.454 e. The molecule has 1 aliphatic rings. The Morgan fingerprint density at radius 1 is 0.889 bits per heavy atom. The zero-order chi connectivity index (χ0) is 25.5. The van der Waals surface area contributed by atoms with E-state index < -0.39 is 10.0 Å². The van der Waals surface area contributed by atoms with E-state index in [0.29, 0.717) is 22.6 Å². The van der Waals surface area contributed by atoms with Crippen LogP contribution in [0.25, 0.3) is 10.9 Å². The van der Waals surface area contributed by atoms with E-state index in [1.165, 1.54) is 4.31 Å². The minimum atomic E-state index is -3.90. The van der Waals surface area contributed by atoms with Crippen molar-refractivity contribution >= 4 is 20.9 Å². The normalized spacial score (nSPS) is 13.4. The van der Waals surface area contributed by atoms with E-state index in [9.17, 15) is 13.2 Å². The Hall–Kier alpha value is -3.62. The van der Waals surface area contributed by atoms with Crippen LogP contribution in [0.15, 0.2) is 82.5 Å². The highest BCUT2D eigenvalue weighted by atomic mass is 32.2. The molecule has 5 rings (SSSR count). The molecule has 0 saturated heterocycles.